The molecule has 104 valence electrons. The lowest BCUT2D eigenvalue weighted by Crippen LogP contribution is -2.26. The summed E-state index contributed by atoms with van der Waals surface area (Å²) < 4.78 is 0.712. The molecule has 0 aromatic heterocycles. The molecule has 3 nitrogen and oxygen atoms in total. The van der Waals surface area contributed by atoms with E-state index in [-0.39, 0.29) is 11.7 Å². The number of hydrogen-bond donors (Lipinski definition) is 1. The largest absolute Gasteiger partial charge is 0.508 e. The zero-order chi connectivity index (χ0) is 14.7. The minimum absolute atomic E-state index is 0.118. The molecular weight excluding hydrogens is 342 g/mol. The lowest BCUT2D eigenvalue weighted by Gasteiger charge is -2.18. The third-order valence-corrected chi connectivity index (χ3v) is 3.79. The van der Waals surface area contributed by atoms with Crippen LogP contribution in [0.1, 0.15) is 15.9 Å². The van der Waals surface area contributed by atoms with Gasteiger partial charge in [-0.05, 0) is 51.8 Å². The molecule has 0 atom stereocenters. The molecule has 1 N–H and O–H groups in total. The molecule has 1 amide bonds. The zero-order valence-electron chi connectivity index (χ0n) is 10.8. The van der Waals surface area contributed by atoms with E-state index >= 15 is 0 Å². The van der Waals surface area contributed by atoms with Crippen LogP contribution in [-0.2, 0) is 6.54 Å². The number of amides is 1. The molecule has 0 aliphatic rings. The topological polar surface area (TPSA) is 40.5 Å². The van der Waals surface area contributed by atoms with Crippen LogP contribution in [0.4, 0.5) is 0 Å². The van der Waals surface area contributed by atoms with Crippen molar-refractivity contribution in [3.05, 3.63) is 63.1 Å². The van der Waals surface area contributed by atoms with Crippen LogP contribution >= 0.6 is 27.5 Å². The van der Waals surface area contributed by atoms with Crippen molar-refractivity contribution in [2.45, 2.75) is 6.54 Å². The highest BCUT2D eigenvalue weighted by Crippen LogP contribution is 2.23. The van der Waals surface area contributed by atoms with Crippen LogP contribution in [0, 0.1) is 0 Å². The van der Waals surface area contributed by atoms with E-state index in [4.69, 9.17) is 11.6 Å². The number of aromatic hydroxyl groups is 1. The fourth-order valence-electron chi connectivity index (χ4n) is 1.81. The summed E-state index contributed by atoms with van der Waals surface area (Å²) in [5.41, 5.74) is 1.47. The highest BCUT2D eigenvalue weighted by molar-refractivity contribution is 9.10. The molecule has 0 radical (unpaired) electrons. The number of carbonyl (C=O) groups excluding carboxylic acids is 1. The quantitative estimate of drug-likeness (QED) is 0.902. The van der Waals surface area contributed by atoms with Crippen LogP contribution in [0.5, 0.6) is 5.75 Å². The number of phenolic OH excluding ortho intramolecular Hbond substituents is 1. The van der Waals surface area contributed by atoms with Gasteiger partial charge in [-0.3, -0.25) is 4.79 Å². The van der Waals surface area contributed by atoms with E-state index < -0.39 is 0 Å². The molecule has 0 unspecified atom stereocenters. The van der Waals surface area contributed by atoms with Gasteiger partial charge in [-0.1, -0.05) is 23.7 Å². The summed E-state index contributed by atoms with van der Waals surface area (Å²) in [6, 6.07) is 11.9. The molecule has 0 saturated heterocycles. The van der Waals surface area contributed by atoms with Crippen molar-refractivity contribution in [1.29, 1.82) is 0 Å². The first kappa shape index (κ1) is 14.9. The first-order valence-corrected chi connectivity index (χ1v) is 7.13. The average Bonchev–Trinajstić information content (AvgIpc) is 2.43. The lowest BCUT2D eigenvalue weighted by molar-refractivity contribution is 0.0784. The summed E-state index contributed by atoms with van der Waals surface area (Å²) in [4.78, 5) is 14.0. The Morgan fingerprint density at radius 2 is 1.90 bits per heavy atom. The third-order valence-electron chi connectivity index (χ3n) is 2.86. The Bertz CT molecular complexity index is 628. The van der Waals surface area contributed by atoms with E-state index in [1.54, 1.807) is 54.4 Å². The van der Waals surface area contributed by atoms with Gasteiger partial charge in [0.1, 0.15) is 5.75 Å². The highest BCUT2D eigenvalue weighted by atomic mass is 79.9. The predicted octanol–water partition coefficient (Wildman–Crippen LogP) is 4.08. The zero-order valence-corrected chi connectivity index (χ0v) is 13.1. The SMILES string of the molecule is CN(Cc1ccc(O)cc1)C(=O)c1cc(Cl)ccc1Br. The van der Waals surface area contributed by atoms with Crippen LogP contribution in [0.3, 0.4) is 0 Å². The Labute approximate surface area is 130 Å². The first-order chi connectivity index (χ1) is 9.47. The third kappa shape index (κ3) is 3.52. The number of halogens is 2. The summed E-state index contributed by atoms with van der Waals surface area (Å²) in [5, 5.41) is 9.77. The molecule has 0 fully saturated rings. The summed E-state index contributed by atoms with van der Waals surface area (Å²) in [7, 11) is 1.72. The Kier molecular flexibility index (Phi) is 4.68. The van der Waals surface area contributed by atoms with Gasteiger partial charge in [0.05, 0.1) is 5.56 Å². The van der Waals surface area contributed by atoms with Gasteiger partial charge < -0.3 is 10.0 Å². The molecule has 0 bridgehead atoms. The Balaban J connectivity index is 2.16. The van der Waals surface area contributed by atoms with E-state index in [9.17, 15) is 9.90 Å². The van der Waals surface area contributed by atoms with Crippen LogP contribution < -0.4 is 0 Å². The van der Waals surface area contributed by atoms with E-state index in [2.05, 4.69) is 15.9 Å². The maximum absolute atomic E-state index is 12.4. The highest BCUT2D eigenvalue weighted by Gasteiger charge is 2.15. The van der Waals surface area contributed by atoms with E-state index in [0.29, 0.717) is 21.6 Å². The van der Waals surface area contributed by atoms with Crippen LogP contribution in [0.15, 0.2) is 46.9 Å². The van der Waals surface area contributed by atoms with Crippen molar-refractivity contribution in [3.8, 4) is 5.75 Å². The molecule has 0 aliphatic heterocycles. The van der Waals surface area contributed by atoms with Gasteiger partial charge in [0, 0.05) is 23.1 Å². The number of phenols is 1. The molecule has 0 heterocycles. The fourth-order valence-corrected chi connectivity index (χ4v) is 2.40. The first-order valence-electron chi connectivity index (χ1n) is 5.96. The second-order valence-corrected chi connectivity index (χ2v) is 5.74. The molecular formula is C15H13BrClNO2. The lowest BCUT2D eigenvalue weighted by atomic mass is 10.1. The van der Waals surface area contributed by atoms with Gasteiger partial charge in [0.2, 0.25) is 0 Å². The Morgan fingerprint density at radius 3 is 2.55 bits per heavy atom. The van der Waals surface area contributed by atoms with Crippen molar-refractivity contribution in [2.75, 3.05) is 7.05 Å². The molecule has 0 spiro atoms. The van der Waals surface area contributed by atoms with Crippen molar-refractivity contribution in [3.63, 3.8) is 0 Å². The van der Waals surface area contributed by atoms with E-state index in [1.165, 1.54) is 0 Å². The van der Waals surface area contributed by atoms with Gasteiger partial charge in [-0.15, -0.1) is 0 Å². The number of carbonyl (C=O) groups is 1. The Hall–Kier alpha value is -1.52. The fraction of sp³-hybridized carbons (Fsp3) is 0.133. The van der Waals surface area contributed by atoms with Gasteiger partial charge in [-0.2, -0.15) is 0 Å². The summed E-state index contributed by atoms with van der Waals surface area (Å²) in [6.07, 6.45) is 0. The van der Waals surface area contributed by atoms with Gasteiger partial charge in [0.25, 0.3) is 5.91 Å². The molecule has 0 saturated carbocycles. The summed E-state index contributed by atoms with van der Waals surface area (Å²) in [5.74, 6) is 0.0905. The second-order valence-electron chi connectivity index (χ2n) is 4.45. The summed E-state index contributed by atoms with van der Waals surface area (Å²) in [6.45, 7) is 0.456. The smallest absolute Gasteiger partial charge is 0.255 e. The van der Waals surface area contributed by atoms with Crippen molar-refractivity contribution in [1.82, 2.24) is 4.90 Å². The van der Waals surface area contributed by atoms with E-state index in [1.807, 2.05) is 0 Å². The Morgan fingerprint density at radius 1 is 1.25 bits per heavy atom. The van der Waals surface area contributed by atoms with Crippen molar-refractivity contribution < 1.29 is 9.90 Å². The molecule has 2 aromatic rings. The molecule has 5 heteroatoms. The van der Waals surface area contributed by atoms with Gasteiger partial charge in [0.15, 0.2) is 0 Å². The maximum Gasteiger partial charge on any atom is 0.255 e. The maximum atomic E-state index is 12.4. The average molecular weight is 355 g/mol. The van der Waals surface area contributed by atoms with Gasteiger partial charge in [-0.25, -0.2) is 0 Å². The van der Waals surface area contributed by atoms with E-state index in [0.717, 1.165) is 5.56 Å². The van der Waals surface area contributed by atoms with Crippen LogP contribution in [0.2, 0.25) is 5.02 Å². The van der Waals surface area contributed by atoms with Crippen molar-refractivity contribution >= 4 is 33.4 Å². The van der Waals surface area contributed by atoms with Crippen molar-refractivity contribution in [2.24, 2.45) is 0 Å². The minimum Gasteiger partial charge on any atom is -0.508 e. The molecule has 2 rings (SSSR count). The number of benzene rings is 2. The molecule has 2 aromatic carbocycles. The second kappa shape index (κ2) is 6.29. The normalized spacial score (nSPS) is 10.3. The summed E-state index contributed by atoms with van der Waals surface area (Å²) >= 11 is 9.28. The monoisotopic (exact) mass is 353 g/mol. The van der Waals surface area contributed by atoms with Gasteiger partial charge >= 0.3 is 0 Å². The molecule has 20 heavy (non-hydrogen) atoms. The number of rotatable bonds is 3. The number of nitrogens with zero attached hydrogens (tertiary/aromatic N) is 1. The molecule has 0 aliphatic carbocycles. The standard InChI is InChI=1S/C15H13BrClNO2/c1-18(9-10-2-5-12(19)6-3-10)15(20)13-8-11(17)4-7-14(13)16/h2-8,19H,9H2,1H3. The van der Waals surface area contributed by atoms with Crippen LogP contribution in [-0.4, -0.2) is 23.0 Å². The van der Waals surface area contributed by atoms with Crippen LogP contribution in [0.25, 0.3) is 0 Å². The number of hydrogen-bond acceptors (Lipinski definition) is 2. The predicted molar refractivity (Wildman–Crippen MR) is 83.1 cm³/mol. The minimum atomic E-state index is -0.118.